The van der Waals surface area contributed by atoms with Gasteiger partial charge >= 0.3 is 6.18 Å². The van der Waals surface area contributed by atoms with Crippen molar-refractivity contribution in [2.45, 2.75) is 31.2 Å². The minimum absolute atomic E-state index is 0.00297. The van der Waals surface area contributed by atoms with E-state index in [1.54, 1.807) is 13.8 Å². The van der Waals surface area contributed by atoms with Gasteiger partial charge in [0, 0.05) is 18.1 Å². The SMILES string of the molecule is CCOC(CS(=O)c1cccc(C(F)(F)F)c1)OCC. The molecule has 1 unspecified atom stereocenters. The number of halogens is 3. The van der Waals surface area contributed by atoms with Crippen molar-refractivity contribution < 1.29 is 26.9 Å². The Morgan fingerprint density at radius 3 is 2.30 bits per heavy atom. The summed E-state index contributed by atoms with van der Waals surface area (Å²) >= 11 is 0. The molecule has 0 bridgehead atoms. The smallest absolute Gasteiger partial charge is 0.352 e. The van der Waals surface area contributed by atoms with E-state index in [9.17, 15) is 17.4 Å². The Hall–Kier alpha value is -0.920. The van der Waals surface area contributed by atoms with Crippen molar-refractivity contribution in [3.05, 3.63) is 29.8 Å². The highest BCUT2D eigenvalue weighted by molar-refractivity contribution is 7.85. The summed E-state index contributed by atoms with van der Waals surface area (Å²) in [4.78, 5) is 0.115. The van der Waals surface area contributed by atoms with Crippen LogP contribution in [0.5, 0.6) is 0 Å². The summed E-state index contributed by atoms with van der Waals surface area (Å²) in [5.74, 6) is 0.00297. The molecule has 0 aromatic heterocycles. The normalized spacial score (nSPS) is 13.7. The fourth-order valence-corrected chi connectivity index (χ4v) is 2.67. The Bertz CT molecular complexity index is 443. The summed E-state index contributed by atoms with van der Waals surface area (Å²) in [7, 11) is -1.61. The second kappa shape index (κ2) is 7.75. The summed E-state index contributed by atoms with van der Waals surface area (Å²) in [6, 6.07) is 4.49. The van der Waals surface area contributed by atoms with Crippen molar-refractivity contribution in [2.24, 2.45) is 0 Å². The number of hydrogen-bond donors (Lipinski definition) is 0. The molecule has 0 heterocycles. The van der Waals surface area contributed by atoms with E-state index in [-0.39, 0.29) is 10.6 Å². The Labute approximate surface area is 118 Å². The van der Waals surface area contributed by atoms with E-state index in [0.717, 1.165) is 12.1 Å². The van der Waals surface area contributed by atoms with E-state index in [4.69, 9.17) is 9.47 Å². The molecule has 20 heavy (non-hydrogen) atoms. The molecule has 0 aliphatic heterocycles. The molecule has 0 fully saturated rings. The molecule has 0 saturated carbocycles. The van der Waals surface area contributed by atoms with Gasteiger partial charge in [-0.1, -0.05) is 6.07 Å². The first-order valence-corrected chi connectivity index (χ1v) is 7.49. The third kappa shape index (κ3) is 5.22. The zero-order valence-electron chi connectivity index (χ0n) is 11.3. The Morgan fingerprint density at radius 1 is 1.20 bits per heavy atom. The van der Waals surface area contributed by atoms with E-state index in [0.29, 0.717) is 13.2 Å². The maximum atomic E-state index is 12.6. The number of benzene rings is 1. The van der Waals surface area contributed by atoms with Crippen molar-refractivity contribution >= 4 is 10.8 Å². The lowest BCUT2D eigenvalue weighted by molar-refractivity contribution is -0.137. The van der Waals surface area contributed by atoms with Crippen LogP contribution in [0.3, 0.4) is 0 Å². The van der Waals surface area contributed by atoms with Crippen molar-refractivity contribution in [1.29, 1.82) is 0 Å². The van der Waals surface area contributed by atoms with Gasteiger partial charge in [0.15, 0.2) is 6.29 Å². The Kier molecular flexibility index (Phi) is 6.64. The molecule has 0 spiro atoms. The van der Waals surface area contributed by atoms with Crippen molar-refractivity contribution in [1.82, 2.24) is 0 Å². The molecule has 114 valence electrons. The van der Waals surface area contributed by atoms with Gasteiger partial charge in [0.25, 0.3) is 0 Å². The lowest BCUT2D eigenvalue weighted by Gasteiger charge is -2.16. The Balaban J connectivity index is 2.81. The fourth-order valence-electron chi connectivity index (χ4n) is 1.55. The molecule has 0 saturated heterocycles. The van der Waals surface area contributed by atoms with Gasteiger partial charge in [-0.2, -0.15) is 13.2 Å². The molecule has 0 radical (unpaired) electrons. The highest BCUT2D eigenvalue weighted by Crippen LogP contribution is 2.30. The van der Waals surface area contributed by atoms with Crippen LogP contribution in [0.4, 0.5) is 13.2 Å². The molecule has 0 N–H and O–H groups in total. The van der Waals surface area contributed by atoms with Gasteiger partial charge in [-0.05, 0) is 32.0 Å². The summed E-state index contributed by atoms with van der Waals surface area (Å²) in [5, 5.41) is 0. The molecule has 0 aliphatic carbocycles. The van der Waals surface area contributed by atoms with E-state index in [1.807, 2.05) is 0 Å². The molecule has 7 heteroatoms. The zero-order chi connectivity index (χ0) is 15.2. The molecule has 1 aromatic carbocycles. The quantitative estimate of drug-likeness (QED) is 0.726. The van der Waals surface area contributed by atoms with Crippen LogP contribution >= 0.6 is 0 Å². The highest BCUT2D eigenvalue weighted by atomic mass is 32.2. The van der Waals surface area contributed by atoms with Gasteiger partial charge in [-0.3, -0.25) is 4.21 Å². The maximum absolute atomic E-state index is 12.6. The predicted molar refractivity (Wildman–Crippen MR) is 69.8 cm³/mol. The van der Waals surface area contributed by atoms with Gasteiger partial charge in [0.1, 0.15) is 0 Å². The monoisotopic (exact) mass is 310 g/mol. The maximum Gasteiger partial charge on any atom is 0.416 e. The molecular formula is C13H17F3O3S. The summed E-state index contributed by atoms with van der Waals surface area (Å²) < 4.78 is 60.3. The lowest BCUT2D eigenvalue weighted by atomic mass is 10.2. The fraction of sp³-hybridized carbons (Fsp3) is 0.538. The van der Waals surface area contributed by atoms with Crippen LogP contribution in [0.25, 0.3) is 0 Å². The summed E-state index contributed by atoms with van der Waals surface area (Å²) in [5.41, 5.74) is -0.812. The second-order valence-electron chi connectivity index (χ2n) is 3.88. The van der Waals surface area contributed by atoms with Crippen molar-refractivity contribution in [3.63, 3.8) is 0 Å². The van der Waals surface area contributed by atoms with Crippen LogP contribution in [-0.2, 0) is 26.4 Å². The van der Waals surface area contributed by atoms with E-state index >= 15 is 0 Å². The largest absolute Gasteiger partial charge is 0.416 e. The average Bonchev–Trinajstić information content (AvgIpc) is 2.38. The van der Waals surface area contributed by atoms with Gasteiger partial charge in [-0.15, -0.1) is 0 Å². The zero-order valence-corrected chi connectivity index (χ0v) is 12.1. The first-order valence-electron chi connectivity index (χ1n) is 6.17. The molecular weight excluding hydrogens is 293 g/mol. The first-order chi connectivity index (χ1) is 9.38. The van der Waals surface area contributed by atoms with Crippen LogP contribution in [0.2, 0.25) is 0 Å². The second-order valence-corrected chi connectivity index (χ2v) is 5.37. The third-order valence-corrected chi connectivity index (χ3v) is 3.77. The van der Waals surface area contributed by atoms with E-state index < -0.39 is 28.8 Å². The van der Waals surface area contributed by atoms with E-state index in [2.05, 4.69) is 0 Å². The number of rotatable bonds is 7. The Morgan fingerprint density at radius 2 is 1.80 bits per heavy atom. The van der Waals surface area contributed by atoms with Crippen molar-refractivity contribution in [3.8, 4) is 0 Å². The number of ether oxygens (including phenoxy) is 2. The van der Waals surface area contributed by atoms with Gasteiger partial charge < -0.3 is 9.47 Å². The van der Waals surface area contributed by atoms with Crippen molar-refractivity contribution in [2.75, 3.05) is 19.0 Å². The standard InChI is InChI=1S/C13H17F3O3S/c1-3-18-12(19-4-2)9-20(17)11-7-5-6-10(8-11)13(14,15)16/h5-8,12H,3-4,9H2,1-2H3. The average molecular weight is 310 g/mol. The molecule has 1 atom stereocenters. The van der Waals surface area contributed by atoms with Crippen LogP contribution in [0.1, 0.15) is 19.4 Å². The highest BCUT2D eigenvalue weighted by Gasteiger charge is 2.31. The number of alkyl halides is 3. The van der Waals surface area contributed by atoms with Gasteiger partial charge in [0.2, 0.25) is 0 Å². The minimum atomic E-state index is -4.44. The van der Waals surface area contributed by atoms with Crippen LogP contribution in [-0.4, -0.2) is 29.5 Å². The topological polar surface area (TPSA) is 35.5 Å². The summed E-state index contributed by atoms with van der Waals surface area (Å²) in [6.07, 6.45) is -5.13. The van der Waals surface area contributed by atoms with Crippen LogP contribution in [0, 0.1) is 0 Å². The molecule has 0 amide bonds. The molecule has 1 rings (SSSR count). The predicted octanol–water partition coefficient (Wildman–Crippen LogP) is 3.21. The minimum Gasteiger partial charge on any atom is -0.352 e. The lowest BCUT2D eigenvalue weighted by Crippen LogP contribution is -2.24. The van der Waals surface area contributed by atoms with Crippen LogP contribution < -0.4 is 0 Å². The number of hydrogen-bond acceptors (Lipinski definition) is 3. The van der Waals surface area contributed by atoms with Crippen LogP contribution in [0.15, 0.2) is 29.2 Å². The third-order valence-electron chi connectivity index (χ3n) is 2.42. The molecule has 3 nitrogen and oxygen atoms in total. The summed E-state index contributed by atoms with van der Waals surface area (Å²) in [6.45, 7) is 4.29. The first kappa shape index (κ1) is 17.1. The molecule has 1 aromatic rings. The molecule has 0 aliphatic rings. The van der Waals surface area contributed by atoms with Gasteiger partial charge in [-0.25, -0.2) is 0 Å². The van der Waals surface area contributed by atoms with Gasteiger partial charge in [0.05, 0.1) is 22.1 Å². The van der Waals surface area contributed by atoms with E-state index in [1.165, 1.54) is 12.1 Å².